The van der Waals surface area contributed by atoms with Crippen molar-refractivity contribution in [3.05, 3.63) is 71.1 Å². The lowest BCUT2D eigenvalue weighted by atomic mass is 10.2. The standard InChI is InChI=1S/C16H12N2O2S/c19-15-10-13(12-8-4-5-9-14(12)20-15)18-16(21)17-11-6-2-1-3-7-11/h1-10H,(H2,17,18,21). The molecule has 3 rings (SSSR count). The zero-order valence-corrected chi connectivity index (χ0v) is 11.8. The van der Waals surface area contributed by atoms with Gasteiger partial charge in [-0.1, -0.05) is 30.3 Å². The highest BCUT2D eigenvalue weighted by molar-refractivity contribution is 7.80. The molecule has 0 aliphatic heterocycles. The lowest BCUT2D eigenvalue weighted by molar-refractivity contribution is 0.562. The minimum Gasteiger partial charge on any atom is -0.423 e. The maximum Gasteiger partial charge on any atom is 0.338 e. The van der Waals surface area contributed by atoms with Crippen molar-refractivity contribution in [1.82, 2.24) is 0 Å². The van der Waals surface area contributed by atoms with Gasteiger partial charge < -0.3 is 15.1 Å². The van der Waals surface area contributed by atoms with Crippen molar-refractivity contribution in [1.29, 1.82) is 0 Å². The van der Waals surface area contributed by atoms with Crippen LogP contribution in [0.15, 0.2) is 69.9 Å². The van der Waals surface area contributed by atoms with Crippen molar-refractivity contribution in [2.75, 3.05) is 10.6 Å². The monoisotopic (exact) mass is 296 g/mol. The fourth-order valence-electron chi connectivity index (χ4n) is 2.02. The second kappa shape index (κ2) is 5.76. The predicted molar refractivity (Wildman–Crippen MR) is 88.8 cm³/mol. The fourth-order valence-corrected chi connectivity index (χ4v) is 2.25. The molecule has 104 valence electrons. The van der Waals surface area contributed by atoms with Crippen molar-refractivity contribution in [2.45, 2.75) is 0 Å². The fraction of sp³-hybridized carbons (Fsp3) is 0. The third-order valence-electron chi connectivity index (χ3n) is 2.93. The minimum absolute atomic E-state index is 0.414. The summed E-state index contributed by atoms with van der Waals surface area (Å²) < 4.78 is 5.14. The van der Waals surface area contributed by atoms with Crippen LogP contribution in [0.1, 0.15) is 0 Å². The van der Waals surface area contributed by atoms with E-state index >= 15 is 0 Å². The van der Waals surface area contributed by atoms with Gasteiger partial charge in [-0.3, -0.25) is 0 Å². The summed E-state index contributed by atoms with van der Waals surface area (Å²) in [6.07, 6.45) is 0. The van der Waals surface area contributed by atoms with E-state index in [4.69, 9.17) is 16.6 Å². The maximum absolute atomic E-state index is 11.6. The van der Waals surface area contributed by atoms with E-state index in [9.17, 15) is 4.79 Å². The molecule has 21 heavy (non-hydrogen) atoms. The quantitative estimate of drug-likeness (QED) is 0.559. The highest BCUT2D eigenvalue weighted by Gasteiger charge is 2.06. The number of thiocarbonyl (C=S) groups is 1. The molecule has 3 aromatic rings. The molecular formula is C16H12N2O2S. The molecule has 0 saturated heterocycles. The summed E-state index contributed by atoms with van der Waals surface area (Å²) in [6.45, 7) is 0. The number of rotatable bonds is 2. The van der Waals surface area contributed by atoms with Crippen LogP contribution >= 0.6 is 12.2 Å². The summed E-state index contributed by atoms with van der Waals surface area (Å²) in [5.41, 5.74) is 1.60. The van der Waals surface area contributed by atoms with Crippen molar-refractivity contribution >= 4 is 39.7 Å². The summed E-state index contributed by atoms with van der Waals surface area (Å²) in [5.74, 6) is 0. The molecule has 0 radical (unpaired) electrons. The van der Waals surface area contributed by atoms with Gasteiger partial charge in [0.15, 0.2) is 5.11 Å². The molecular weight excluding hydrogens is 284 g/mol. The summed E-state index contributed by atoms with van der Waals surface area (Å²) in [4.78, 5) is 11.6. The Hall–Kier alpha value is -2.66. The van der Waals surface area contributed by atoms with E-state index in [0.717, 1.165) is 11.1 Å². The molecule has 0 spiro atoms. The maximum atomic E-state index is 11.6. The average molecular weight is 296 g/mol. The highest BCUT2D eigenvalue weighted by Crippen LogP contribution is 2.21. The first-order valence-corrected chi connectivity index (χ1v) is 6.79. The zero-order chi connectivity index (χ0) is 14.7. The molecule has 0 amide bonds. The molecule has 0 atom stereocenters. The van der Waals surface area contributed by atoms with E-state index in [2.05, 4.69) is 10.6 Å². The van der Waals surface area contributed by atoms with Gasteiger partial charge in [0, 0.05) is 17.1 Å². The van der Waals surface area contributed by atoms with E-state index in [0.29, 0.717) is 16.4 Å². The van der Waals surface area contributed by atoms with Gasteiger partial charge in [-0.05, 0) is 36.5 Å². The van der Waals surface area contributed by atoms with E-state index in [1.54, 1.807) is 6.07 Å². The third-order valence-corrected chi connectivity index (χ3v) is 3.13. The Balaban J connectivity index is 1.88. The second-order valence-electron chi connectivity index (χ2n) is 4.42. The number of hydrogen-bond donors (Lipinski definition) is 2. The second-order valence-corrected chi connectivity index (χ2v) is 4.83. The Kier molecular flexibility index (Phi) is 3.66. The van der Waals surface area contributed by atoms with Crippen LogP contribution < -0.4 is 16.3 Å². The van der Waals surface area contributed by atoms with Crippen LogP contribution in [0.25, 0.3) is 11.0 Å². The summed E-state index contributed by atoms with van der Waals surface area (Å²) in [5, 5.41) is 7.31. The highest BCUT2D eigenvalue weighted by atomic mass is 32.1. The largest absolute Gasteiger partial charge is 0.423 e. The summed E-state index contributed by atoms with van der Waals surface area (Å²) >= 11 is 5.27. The Morgan fingerprint density at radius 2 is 1.67 bits per heavy atom. The van der Waals surface area contributed by atoms with E-state index in [1.165, 1.54) is 6.07 Å². The summed E-state index contributed by atoms with van der Waals surface area (Å²) in [6, 6.07) is 18.3. The predicted octanol–water partition coefficient (Wildman–Crippen LogP) is 3.60. The number of hydrogen-bond acceptors (Lipinski definition) is 3. The first kappa shape index (κ1) is 13.3. The van der Waals surface area contributed by atoms with Crippen molar-refractivity contribution in [3.63, 3.8) is 0 Å². The van der Waals surface area contributed by atoms with Gasteiger partial charge in [0.1, 0.15) is 5.58 Å². The van der Waals surface area contributed by atoms with Gasteiger partial charge >= 0.3 is 5.63 Å². The van der Waals surface area contributed by atoms with Gasteiger partial charge in [-0.15, -0.1) is 0 Å². The zero-order valence-electron chi connectivity index (χ0n) is 11.0. The minimum atomic E-state index is -0.418. The molecule has 0 saturated carbocycles. The van der Waals surface area contributed by atoms with E-state index in [-0.39, 0.29) is 0 Å². The SMILES string of the molecule is O=c1cc(NC(=S)Nc2ccccc2)c2ccccc2o1. The van der Waals surface area contributed by atoms with Gasteiger partial charge in [0.2, 0.25) is 0 Å². The summed E-state index contributed by atoms with van der Waals surface area (Å²) in [7, 11) is 0. The Morgan fingerprint density at radius 3 is 2.48 bits per heavy atom. The number of para-hydroxylation sites is 2. The smallest absolute Gasteiger partial charge is 0.338 e. The molecule has 0 bridgehead atoms. The Morgan fingerprint density at radius 1 is 0.952 bits per heavy atom. The molecule has 2 aromatic carbocycles. The molecule has 0 fully saturated rings. The molecule has 2 N–H and O–H groups in total. The van der Waals surface area contributed by atoms with Crippen LogP contribution in [-0.4, -0.2) is 5.11 Å². The van der Waals surface area contributed by atoms with Crippen LogP contribution in [0, 0.1) is 0 Å². The topological polar surface area (TPSA) is 54.3 Å². The number of fused-ring (bicyclic) bond motifs is 1. The molecule has 0 unspecified atom stereocenters. The van der Waals surface area contributed by atoms with Crippen LogP contribution in [-0.2, 0) is 0 Å². The molecule has 0 aliphatic rings. The number of anilines is 2. The van der Waals surface area contributed by atoms with Crippen molar-refractivity contribution in [2.24, 2.45) is 0 Å². The van der Waals surface area contributed by atoms with Gasteiger partial charge in [0.25, 0.3) is 0 Å². The van der Waals surface area contributed by atoms with E-state index < -0.39 is 5.63 Å². The third kappa shape index (κ3) is 3.09. The van der Waals surface area contributed by atoms with Gasteiger partial charge in [0.05, 0.1) is 5.69 Å². The molecule has 0 aliphatic carbocycles. The van der Waals surface area contributed by atoms with Crippen LogP contribution in [0.4, 0.5) is 11.4 Å². The van der Waals surface area contributed by atoms with E-state index in [1.807, 2.05) is 48.5 Å². The van der Waals surface area contributed by atoms with Crippen molar-refractivity contribution < 1.29 is 4.42 Å². The first-order valence-electron chi connectivity index (χ1n) is 6.38. The van der Waals surface area contributed by atoms with Gasteiger partial charge in [-0.2, -0.15) is 0 Å². The average Bonchev–Trinajstić information content (AvgIpc) is 2.48. The Labute approximate surface area is 126 Å². The number of benzene rings is 2. The normalized spacial score (nSPS) is 10.3. The van der Waals surface area contributed by atoms with Gasteiger partial charge in [-0.25, -0.2) is 4.79 Å². The first-order chi connectivity index (χ1) is 10.2. The number of nitrogens with one attached hydrogen (secondary N) is 2. The molecule has 4 nitrogen and oxygen atoms in total. The van der Waals surface area contributed by atoms with Crippen LogP contribution in [0.3, 0.4) is 0 Å². The molecule has 5 heteroatoms. The lowest BCUT2D eigenvalue weighted by Crippen LogP contribution is -2.20. The van der Waals surface area contributed by atoms with Crippen LogP contribution in [0.2, 0.25) is 0 Å². The van der Waals surface area contributed by atoms with Crippen LogP contribution in [0.5, 0.6) is 0 Å². The lowest BCUT2D eigenvalue weighted by Gasteiger charge is -2.11. The molecule has 1 heterocycles. The van der Waals surface area contributed by atoms with Crippen molar-refractivity contribution in [3.8, 4) is 0 Å². The Bertz CT molecular complexity index is 844. The molecule has 1 aromatic heterocycles.